The summed E-state index contributed by atoms with van der Waals surface area (Å²) >= 11 is 0. The van der Waals surface area contributed by atoms with Gasteiger partial charge in [-0.05, 0) is 37.0 Å². The van der Waals surface area contributed by atoms with Gasteiger partial charge in [0, 0.05) is 48.8 Å². The fourth-order valence-electron chi connectivity index (χ4n) is 3.95. The molecule has 4 rings (SSSR count). The first-order valence-electron chi connectivity index (χ1n) is 9.01. The Hall–Kier alpha value is -2.56. The third-order valence-corrected chi connectivity index (χ3v) is 5.28. The smallest absolute Gasteiger partial charge is 0.224 e. The van der Waals surface area contributed by atoms with E-state index in [0.717, 1.165) is 31.4 Å². The van der Waals surface area contributed by atoms with Gasteiger partial charge in [0.1, 0.15) is 0 Å². The van der Waals surface area contributed by atoms with Gasteiger partial charge >= 0.3 is 0 Å². The summed E-state index contributed by atoms with van der Waals surface area (Å²) in [5.74, 6) is 0.106. The van der Waals surface area contributed by atoms with Crippen molar-refractivity contribution in [2.45, 2.75) is 45.2 Å². The predicted octanol–water partition coefficient (Wildman–Crippen LogP) is 2.61. The largest absolute Gasteiger partial charge is 0.353 e. The van der Waals surface area contributed by atoms with Crippen molar-refractivity contribution in [3.63, 3.8) is 0 Å². The van der Waals surface area contributed by atoms with Gasteiger partial charge in [0.25, 0.3) is 0 Å². The van der Waals surface area contributed by atoms with E-state index in [2.05, 4.69) is 40.2 Å². The third kappa shape index (κ3) is 2.95. The van der Waals surface area contributed by atoms with Crippen LogP contribution in [0.15, 0.2) is 36.7 Å². The average molecular weight is 336 g/mol. The minimum Gasteiger partial charge on any atom is -0.353 e. The maximum absolute atomic E-state index is 12.6. The summed E-state index contributed by atoms with van der Waals surface area (Å²) in [6, 6.07) is 8.51. The van der Waals surface area contributed by atoms with Gasteiger partial charge in [0.2, 0.25) is 5.91 Å². The van der Waals surface area contributed by atoms with E-state index in [9.17, 15) is 4.79 Å². The molecule has 0 radical (unpaired) electrons. The van der Waals surface area contributed by atoms with Crippen molar-refractivity contribution in [1.82, 2.24) is 19.7 Å². The minimum absolute atomic E-state index is 0.106. The molecule has 1 aliphatic carbocycles. The van der Waals surface area contributed by atoms with Gasteiger partial charge < -0.3 is 9.88 Å². The van der Waals surface area contributed by atoms with Crippen LogP contribution in [0, 0.1) is 0 Å². The Morgan fingerprint density at radius 3 is 3.04 bits per heavy atom. The number of para-hydroxylation sites is 1. The van der Waals surface area contributed by atoms with Crippen molar-refractivity contribution >= 4 is 16.8 Å². The summed E-state index contributed by atoms with van der Waals surface area (Å²) in [4.78, 5) is 12.6. The molecule has 1 aliphatic rings. The van der Waals surface area contributed by atoms with Crippen molar-refractivity contribution in [3.8, 4) is 0 Å². The topological polar surface area (TPSA) is 51.9 Å². The molecule has 2 aromatic heterocycles. The van der Waals surface area contributed by atoms with E-state index < -0.39 is 0 Å². The van der Waals surface area contributed by atoms with Gasteiger partial charge in [-0.1, -0.05) is 18.2 Å². The monoisotopic (exact) mass is 336 g/mol. The van der Waals surface area contributed by atoms with E-state index in [1.165, 1.54) is 22.2 Å². The Labute approximate surface area is 147 Å². The Morgan fingerprint density at radius 1 is 1.36 bits per heavy atom. The number of carbonyl (C=O) groups is 1. The van der Waals surface area contributed by atoms with Gasteiger partial charge in [-0.2, -0.15) is 5.10 Å². The first kappa shape index (κ1) is 15.9. The molecule has 1 unspecified atom stereocenters. The lowest BCUT2D eigenvalue weighted by Crippen LogP contribution is -2.40. The number of rotatable bonds is 4. The van der Waals surface area contributed by atoms with Gasteiger partial charge in [-0.25, -0.2) is 0 Å². The quantitative estimate of drug-likeness (QED) is 0.796. The standard InChI is InChI=1S/C20H24N4O/c1-3-24-13-15(17-6-4-5-7-18(17)24)10-20(25)22-16-9-8-14-12-21-23(2)19(14)11-16/h4-7,12-13,16H,3,8-11H2,1-2H3,(H,22,25). The molecular formula is C20H24N4O. The number of nitrogens with zero attached hydrogens (tertiary/aromatic N) is 3. The van der Waals surface area contributed by atoms with Crippen molar-refractivity contribution in [2.75, 3.05) is 0 Å². The molecule has 1 atom stereocenters. The van der Waals surface area contributed by atoms with E-state index >= 15 is 0 Å². The van der Waals surface area contributed by atoms with Crippen molar-refractivity contribution < 1.29 is 4.79 Å². The fraction of sp³-hybridized carbons (Fsp3) is 0.400. The van der Waals surface area contributed by atoms with Crippen LogP contribution in [0.4, 0.5) is 0 Å². The lowest BCUT2D eigenvalue weighted by Gasteiger charge is -2.23. The van der Waals surface area contributed by atoms with Crippen LogP contribution in [-0.4, -0.2) is 26.3 Å². The van der Waals surface area contributed by atoms with Crippen LogP contribution in [0.2, 0.25) is 0 Å². The summed E-state index contributed by atoms with van der Waals surface area (Å²) < 4.78 is 4.14. The second kappa shape index (κ2) is 6.39. The maximum Gasteiger partial charge on any atom is 0.224 e. The highest BCUT2D eigenvalue weighted by molar-refractivity contribution is 5.89. The minimum atomic E-state index is 0.106. The molecule has 25 heavy (non-hydrogen) atoms. The Bertz CT molecular complexity index is 921. The number of aromatic nitrogens is 3. The Morgan fingerprint density at radius 2 is 2.20 bits per heavy atom. The number of hydrogen-bond donors (Lipinski definition) is 1. The summed E-state index contributed by atoms with van der Waals surface area (Å²) in [5, 5.41) is 8.73. The van der Waals surface area contributed by atoms with E-state index in [0.29, 0.717) is 6.42 Å². The number of aryl methyl sites for hydroxylation is 3. The number of carbonyl (C=O) groups excluding carboxylic acids is 1. The lowest BCUT2D eigenvalue weighted by atomic mass is 9.93. The summed E-state index contributed by atoms with van der Waals surface area (Å²) in [5.41, 5.74) is 4.87. The number of benzene rings is 1. The zero-order chi connectivity index (χ0) is 17.4. The van der Waals surface area contributed by atoms with Crippen LogP contribution in [-0.2, 0) is 37.6 Å². The highest BCUT2D eigenvalue weighted by Gasteiger charge is 2.23. The SMILES string of the molecule is CCn1cc(CC(=O)NC2CCc3cnn(C)c3C2)c2ccccc21. The molecule has 3 aromatic rings. The number of fused-ring (bicyclic) bond motifs is 2. The first-order valence-corrected chi connectivity index (χ1v) is 9.01. The number of amides is 1. The molecule has 1 N–H and O–H groups in total. The molecular weight excluding hydrogens is 312 g/mol. The van der Waals surface area contributed by atoms with Gasteiger partial charge in [0.05, 0.1) is 12.6 Å². The van der Waals surface area contributed by atoms with Crippen LogP contribution in [0.5, 0.6) is 0 Å². The third-order valence-electron chi connectivity index (χ3n) is 5.28. The van der Waals surface area contributed by atoms with Crippen LogP contribution in [0.1, 0.15) is 30.2 Å². The molecule has 1 amide bonds. The van der Waals surface area contributed by atoms with E-state index in [-0.39, 0.29) is 11.9 Å². The molecule has 0 saturated carbocycles. The molecule has 0 aliphatic heterocycles. The lowest BCUT2D eigenvalue weighted by molar-refractivity contribution is -0.121. The molecule has 0 spiro atoms. The number of nitrogens with one attached hydrogen (secondary N) is 1. The molecule has 0 saturated heterocycles. The molecule has 130 valence electrons. The van der Waals surface area contributed by atoms with E-state index in [1.54, 1.807) is 0 Å². The Balaban J connectivity index is 1.47. The van der Waals surface area contributed by atoms with Gasteiger partial charge in [0.15, 0.2) is 0 Å². The number of hydrogen-bond acceptors (Lipinski definition) is 2. The molecule has 5 heteroatoms. The first-order chi connectivity index (χ1) is 12.2. The van der Waals surface area contributed by atoms with Crippen LogP contribution >= 0.6 is 0 Å². The van der Waals surface area contributed by atoms with E-state index in [1.807, 2.05) is 30.1 Å². The van der Waals surface area contributed by atoms with Crippen molar-refractivity contribution in [1.29, 1.82) is 0 Å². The zero-order valence-corrected chi connectivity index (χ0v) is 14.8. The fourth-order valence-corrected chi connectivity index (χ4v) is 3.95. The molecule has 5 nitrogen and oxygen atoms in total. The predicted molar refractivity (Wildman–Crippen MR) is 98.5 cm³/mol. The molecule has 0 fully saturated rings. The normalized spacial score (nSPS) is 16.8. The van der Waals surface area contributed by atoms with Crippen molar-refractivity contribution in [2.24, 2.45) is 7.05 Å². The van der Waals surface area contributed by atoms with Gasteiger partial charge in [-0.15, -0.1) is 0 Å². The van der Waals surface area contributed by atoms with Crippen LogP contribution in [0.3, 0.4) is 0 Å². The average Bonchev–Trinajstić information content (AvgIpc) is 3.16. The Kier molecular flexibility index (Phi) is 4.07. The van der Waals surface area contributed by atoms with Crippen LogP contribution in [0.25, 0.3) is 10.9 Å². The highest BCUT2D eigenvalue weighted by atomic mass is 16.1. The second-order valence-corrected chi connectivity index (χ2v) is 6.88. The van der Waals surface area contributed by atoms with Gasteiger partial charge in [-0.3, -0.25) is 9.48 Å². The summed E-state index contributed by atoms with van der Waals surface area (Å²) in [6.07, 6.45) is 7.35. The molecule has 1 aromatic carbocycles. The van der Waals surface area contributed by atoms with E-state index in [4.69, 9.17) is 0 Å². The molecule has 2 heterocycles. The second-order valence-electron chi connectivity index (χ2n) is 6.88. The maximum atomic E-state index is 12.6. The van der Waals surface area contributed by atoms with Crippen molar-refractivity contribution in [3.05, 3.63) is 53.5 Å². The summed E-state index contributed by atoms with van der Waals surface area (Å²) in [6.45, 7) is 3.04. The zero-order valence-electron chi connectivity index (χ0n) is 14.8. The van der Waals surface area contributed by atoms with Crippen LogP contribution < -0.4 is 5.32 Å². The summed E-state index contributed by atoms with van der Waals surface area (Å²) in [7, 11) is 1.97. The molecule has 0 bridgehead atoms. The highest BCUT2D eigenvalue weighted by Crippen LogP contribution is 2.23.